The lowest BCUT2D eigenvalue weighted by Gasteiger charge is -2.36. The molecule has 1 N–H and O–H groups in total. The summed E-state index contributed by atoms with van der Waals surface area (Å²) in [5.41, 5.74) is 1.70. The van der Waals surface area contributed by atoms with Gasteiger partial charge in [0.1, 0.15) is 5.75 Å². The van der Waals surface area contributed by atoms with Gasteiger partial charge >= 0.3 is 6.36 Å². The lowest BCUT2D eigenvalue weighted by Crippen LogP contribution is -2.45. The molecule has 0 aromatic heterocycles. The number of hydrogen-bond acceptors (Lipinski definition) is 3. The number of ether oxygens (including phenoxy) is 1. The SMILES string of the molecule is FC(F)(F)Oc1ccc([C@@H](c2ccc(Cl)cc2Cl)N2CCNCC2)cc1. The quantitative estimate of drug-likeness (QED) is 0.785. The summed E-state index contributed by atoms with van der Waals surface area (Å²) in [4.78, 5) is 2.24. The molecule has 8 heteroatoms. The van der Waals surface area contributed by atoms with Crippen LogP contribution in [0.4, 0.5) is 13.2 Å². The molecule has 0 radical (unpaired) electrons. The standard InChI is InChI=1S/C18H17Cl2F3N2O/c19-13-3-6-15(16(20)11-13)17(25-9-7-24-8-10-25)12-1-4-14(5-2-12)26-18(21,22)23/h1-6,11,17,24H,7-10H2/t17-/m0/s1. The Bertz CT molecular complexity index is 747. The van der Waals surface area contributed by atoms with E-state index in [9.17, 15) is 13.2 Å². The van der Waals surface area contributed by atoms with Crippen LogP contribution in [-0.4, -0.2) is 37.4 Å². The van der Waals surface area contributed by atoms with E-state index in [-0.39, 0.29) is 11.8 Å². The number of halogens is 5. The maximum atomic E-state index is 12.4. The Labute approximate surface area is 159 Å². The second-order valence-electron chi connectivity index (χ2n) is 5.97. The summed E-state index contributed by atoms with van der Waals surface area (Å²) in [6, 6.07) is 11.0. The molecular formula is C18H17Cl2F3N2O. The Morgan fingerprint density at radius 1 is 1.00 bits per heavy atom. The molecule has 2 aromatic carbocycles. The van der Waals surface area contributed by atoms with E-state index in [1.54, 1.807) is 24.3 Å². The van der Waals surface area contributed by atoms with Crippen molar-refractivity contribution in [2.45, 2.75) is 12.4 Å². The van der Waals surface area contributed by atoms with Crippen molar-refractivity contribution in [3.63, 3.8) is 0 Å². The molecule has 1 aliphatic rings. The van der Waals surface area contributed by atoms with Gasteiger partial charge in [-0.25, -0.2) is 0 Å². The molecule has 1 heterocycles. The van der Waals surface area contributed by atoms with Crippen LogP contribution in [0, 0.1) is 0 Å². The first kappa shape index (κ1) is 19.3. The van der Waals surface area contributed by atoms with Crippen LogP contribution >= 0.6 is 23.2 Å². The summed E-state index contributed by atoms with van der Waals surface area (Å²) in [5, 5.41) is 4.35. The fourth-order valence-electron chi connectivity index (χ4n) is 3.10. The fourth-order valence-corrected chi connectivity index (χ4v) is 3.61. The van der Waals surface area contributed by atoms with Crippen LogP contribution in [0.25, 0.3) is 0 Å². The van der Waals surface area contributed by atoms with Crippen LogP contribution < -0.4 is 10.1 Å². The topological polar surface area (TPSA) is 24.5 Å². The van der Waals surface area contributed by atoms with Crippen LogP contribution in [0.15, 0.2) is 42.5 Å². The summed E-state index contributed by atoms with van der Waals surface area (Å²) in [6.07, 6.45) is -4.71. The minimum Gasteiger partial charge on any atom is -0.406 e. The fraction of sp³-hybridized carbons (Fsp3) is 0.333. The Balaban J connectivity index is 1.95. The third-order valence-electron chi connectivity index (χ3n) is 4.20. The zero-order valence-electron chi connectivity index (χ0n) is 13.7. The van der Waals surface area contributed by atoms with Gasteiger partial charge in [-0.1, -0.05) is 41.4 Å². The maximum Gasteiger partial charge on any atom is 0.573 e. The summed E-state index contributed by atoms with van der Waals surface area (Å²) in [7, 11) is 0. The van der Waals surface area contributed by atoms with Crippen LogP contribution in [0.3, 0.4) is 0 Å². The molecule has 0 aliphatic carbocycles. The molecule has 1 saturated heterocycles. The van der Waals surface area contributed by atoms with Crippen molar-refractivity contribution >= 4 is 23.2 Å². The second-order valence-corrected chi connectivity index (χ2v) is 6.81. The monoisotopic (exact) mass is 404 g/mol. The molecule has 26 heavy (non-hydrogen) atoms. The Morgan fingerprint density at radius 3 is 2.23 bits per heavy atom. The van der Waals surface area contributed by atoms with E-state index in [0.717, 1.165) is 37.3 Å². The molecule has 0 unspecified atom stereocenters. The predicted octanol–water partition coefficient (Wildman–Crippen LogP) is 4.89. The molecular weight excluding hydrogens is 388 g/mol. The van der Waals surface area contributed by atoms with Crippen LogP contribution in [0.1, 0.15) is 17.2 Å². The summed E-state index contributed by atoms with van der Waals surface area (Å²) in [5.74, 6) is -0.248. The predicted molar refractivity (Wildman–Crippen MR) is 95.9 cm³/mol. The lowest BCUT2D eigenvalue weighted by molar-refractivity contribution is -0.274. The highest BCUT2D eigenvalue weighted by Gasteiger charge is 2.31. The zero-order valence-corrected chi connectivity index (χ0v) is 15.2. The number of piperazine rings is 1. The number of benzene rings is 2. The molecule has 0 bridgehead atoms. The van der Waals surface area contributed by atoms with Crippen molar-refractivity contribution in [1.82, 2.24) is 10.2 Å². The van der Waals surface area contributed by atoms with E-state index in [1.165, 1.54) is 12.1 Å². The van der Waals surface area contributed by atoms with Gasteiger partial charge < -0.3 is 10.1 Å². The van der Waals surface area contributed by atoms with Crippen molar-refractivity contribution < 1.29 is 17.9 Å². The highest BCUT2D eigenvalue weighted by atomic mass is 35.5. The van der Waals surface area contributed by atoms with Crippen molar-refractivity contribution in [2.24, 2.45) is 0 Å². The van der Waals surface area contributed by atoms with E-state index in [0.29, 0.717) is 10.0 Å². The first-order valence-electron chi connectivity index (χ1n) is 8.09. The summed E-state index contributed by atoms with van der Waals surface area (Å²) in [6.45, 7) is 3.25. The van der Waals surface area contributed by atoms with Gasteiger partial charge in [0.2, 0.25) is 0 Å². The van der Waals surface area contributed by atoms with Gasteiger partial charge in [0, 0.05) is 36.2 Å². The van der Waals surface area contributed by atoms with Gasteiger partial charge in [-0.15, -0.1) is 13.2 Å². The first-order chi connectivity index (χ1) is 12.3. The van der Waals surface area contributed by atoms with E-state index in [1.807, 2.05) is 6.07 Å². The van der Waals surface area contributed by atoms with Crippen LogP contribution in [0.5, 0.6) is 5.75 Å². The Morgan fingerprint density at radius 2 is 1.65 bits per heavy atom. The normalized spacial score (nSPS) is 17.1. The number of rotatable bonds is 4. The van der Waals surface area contributed by atoms with Gasteiger partial charge in [0.25, 0.3) is 0 Å². The highest BCUT2D eigenvalue weighted by molar-refractivity contribution is 6.35. The molecule has 0 saturated carbocycles. The third-order valence-corrected chi connectivity index (χ3v) is 4.77. The van der Waals surface area contributed by atoms with Crippen molar-refractivity contribution in [2.75, 3.05) is 26.2 Å². The van der Waals surface area contributed by atoms with Gasteiger partial charge in [-0.05, 0) is 35.4 Å². The molecule has 2 aromatic rings. The van der Waals surface area contributed by atoms with Crippen molar-refractivity contribution in [1.29, 1.82) is 0 Å². The highest BCUT2D eigenvalue weighted by Crippen LogP contribution is 2.36. The lowest BCUT2D eigenvalue weighted by atomic mass is 9.96. The van der Waals surface area contributed by atoms with Gasteiger partial charge in [-0.2, -0.15) is 0 Å². The molecule has 3 nitrogen and oxygen atoms in total. The smallest absolute Gasteiger partial charge is 0.406 e. The largest absolute Gasteiger partial charge is 0.573 e. The molecule has 1 aliphatic heterocycles. The van der Waals surface area contributed by atoms with Crippen molar-refractivity contribution in [3.8, 4) is 5.75 Å². The average Bonchev–Trinajstić information content (AvgIpc) is 2.58. The molecule has 3 rings (SSSR count). The summed E-state index contributed by atoms with van der Waals surface area (Å²) >= 11 is 12.4. The molecule has 140 valence electrons. The van der Waals surface area contributed by atoms with Gasteiger partial charge in [-0.3, -0.25) is 4.90 Å². The molecule has 0 spiro atoms. The number of hydrogen-bond donors (Lipinski definition) is 1. The molecule has 1 fully saturated rings. The van der Waals surface area contributed by atoms with Gasteiger partial charge in [0.05, 0.1) is 6.04 Å². The average molecular weight is 405 g/mol. The molecule has 0 amide bonds. The number of alkyl halides is 3. The van der Waals surface area contributed by atoms with Gasteiger partial charge in [0.15, 0.2) is 0 Å². The minimum absolute atomic E-state index is 0.179. The van der Waals surface area contributed by atoms with Crippen molar-refractivity contribution in [3.05, 3.63) is 63.6 Å². The first-order valence-corrected chi connectivity index (χ1v) is 8.84. The molecule has 1 atom stereocenters. The summed E-state index contributed by atoms with van der Waals surface area (Å²) < 4.78 is 41.1. The zero-order chi connectivity index (χ0) is 18.7. The van der Waals surface area contributed by atoms with Crippen LogP contribution in [0.2, 0.25) is 10.0 Å². The third kappa shape index (κ3) is 4.82. The Hall–Kier alpha value is -1.47. The van der Waals surface area contributed by atoms with E-state index < -0.39 is 6.36 Å². The van der Waals surface area contributed by atoms with E-state index in [4.69, 9.17) is 23.2 Å². The van der Waals surface area contributed by atoms with E-state index >= 15 is 0 Å². The second kappa shape index (κ2) is 8.05. The van der Waals surface area contributed by atoms with Crippen LogP contribution in [-0.2, 0) is 0 Å². The minimum atomic E-state index is -4.71. The Kier molecular flexibility index (Phi) is 5.97. The van der Waals surface area contributed by atoms with E-state index in [2.05, 4.69) is 15.0 Å². The maximum absolute atomic E-state index is 12.4. The number of nitrogens with zero attached hydrogens (tertiary/aromatic N) is 1. The number of nitrogens with one attached hydrogen (secondary N) is 1.